The first-order chi connectivity index (χ1) is 10.3. The molecule has 0 saturated heterocycles. The molecule has 0 bridgehead atoms. The van der Waals surface area contributed by atoms with E-state index in [4.69, 9.17) is 9.47 Å². The standard InChI is InChI=1S/C16H25N3O2.HI/c1-4-10-17-16(19-12-13-20-2)18-11-9-14-5-7-15(21-3)8-6-14;/h4-8H,1,9-13H2,2-3H3,(H2,17,18,19);1H. The Balaban J connectivity index is 0.00000441. The molecule has 0 aliphatic carbocycles. The number of nitrogens with zero attached hydrogens (tertiary/aromatic N) is 1. The SMILES string of the molecule is C=CCNC(=NCCOC)NCCc1ccc(OC)cc1.I. The molecule has 1 aromatic rings. The van der Waals surface area contributed by atoms with Gasteiger partial charge < -0.3 is 20.1 Å². The van der Waals surface area contributed by atoms with E-state index in [9.17, 15) is 0 Å². The maximum absolute atomic E-state index is 5.15. The van der Waals surface area contributed by atoms with Crippen LogP contribution in [0.4, 0.5) is 0 Å². The van der Waals surface area contributed by atoms with E-state index in [1.165, 1.54) is 5.56 Å². The molecule has 0 aliphatic rings. The Bertz CT molecular complexity index is 436. The van der Waals surface area contributed by atoms with Crippen LogP contribution in [-0.4, -0.2) is 46.4 Å². The molecule has 0 amide bonds. The minimum absolute atomic E-state index is 0. The third kappa shape index (κ3) is 8.89. The fourth-order valence-corrected chi connectivity index (χ4v) is 1.71. The van der Waals surface area contributed by atoms with Gasteiger partial charge in [0.05, 0.1) is 20.3 Å². The Kier molecular flexibility index (Phi) is 12.6. The Labute approximate surface area is 150 Å². The molecule has 0 heterocycles. The Hall–Kier alpha value is -1.28. The van der Waals surface area contributed by atoms with Crippen LogP contribution in [0.5, 0.6) is 5.75 Å². The van der Waals surface area contributed by atoms with Crippen molar-refractivity contribution in [2.24, 2.45) is 4.99 Å². The van der Waals surface area contributed by atoms with Gasteiger partial charge >= 0.3 is 0 Å². The highest BCUT2D eigenvalue weighted by atomic mass is 127. The quantitative estimate of drug-likeness (QED) is 0.212. The zero-order chi connectivity index (χ0) is 15.3. The summed E-state index contributed by atoms with van der Waals surface area (Å²) in [7, 11) is 3.34. The lowest BCUT2D eigenvalue weighted by Gasteiger charge is -2.11. The Morgan fingerprint density at radius 2 is 1.95 bits per heavy atom. The molecule has 0 radical (unpaired) electrons. The van der Waals surface area contributed by atoms with E-state index in [1.54, 1.807) is 20.3 Å². The normalized spacial score (nSPS) is 10.5. The molecule has 0 spiro atoms. The van der Waals surface area contributed by atoms with Gasteiger partial charge in [0.15, 0.2) is 5.96 Å². The number of aliphatic imine (C=N–C) groups is 1. The number of benzene rings is 1. The van der Waals surface area contributed by atoms with Gasteiger partial charge in [-0.25, -0.2) is 0 Å². The van der Waals surface area contributed by atoms with Crippen molar-refractivity contribution in [1.82, 2.24) is 10.6 Å². The summed E-state index contributed by atoms with van der Waals surface area (Å²) in [6, 6.07) is 8.08. The summed E-state index contributed by atoms with van der Waals surface area (Å²) < 4.78 is 10.1. The van der Waals surface area contributed by atoms with Crippen molar-refractivity contribution >= 4 is 29.9 Å². The minimum Gasteiger partial charge on any atom is -0.497 e. The van der Waals surface area contributed by atoms with Crippen LogP contribution in [0.1, 0.15) is 5.56 Å². The van der Waals surface area contributed by atoms with Crippen LogP contribution in [0, 0.1) is 0 Å². The molecule has 124 valence electrons. The van der Waals surface area contributed by atoms with Gasteiger partial charge in [-0.05, 0) is 24.1 Å². The van der Waals surface area contributed by atoms with Crippen LogP contribution in [0.3, 0.4) is 0 Å². The average Bonchev–Trinajstić information content (AvgIpc) is 2.53. The maximum atomic E-state index is 5.15. The van der Waals surface area contributed by atoms with Gasteiger partial charge in [-0.1, -0.05) is 18.2 Å². The number of rotatable bonds is 9. The third-order valence-corrected chi connectivity index (χ3v) is 2.84. The van der Waals surface area contributed by atoms with Crippen molar-refractivity contribution in [2.75, 3.05) is 40.5 Å². The topological polar surface area (TPSA) is 54.9 Å². The highest BCUT2D eigenvalue weighted by molar-refractivity contribution is 14.0. The number of methoxy groups -OCH3 is 2. The van der Waals surface area contributed by atoms with E-state index in [0.29, 0.717) is 19.7 Å². The first kappa shape index (κ1) is 20.7. The van der Waals surface area contributed by atoms with Gasteiger partial charge in [0, 0.05) is 20.2 Å². The first-order valence-electron chi connectivity index (χ1n) is 7.05. The summed E-state index contributed by atoms with van der Waals surface area (Å²) >= 11 is 0. The zero-order valence-corrected chi connectivity index (χ0v) is 15.6. The lowest BCUT2D eigenvalue weighted by molar-refractivity contribution is 0.208. The zero-order valence-electron chi connectivity index (χ0n) is 13.3. The van der Waals surface area contributed by atoms with Crippen molar-refractivity contribution in [1.29, 1.82) is 0 Å². The maximum Gasteiger partial charge on any atom is 0.191 e. The van der Waals surface area contributed by atoms with Crippen LogP contribution in [0.2, 0.25) is 0 Å². The first-order valence-corrected chi connectivity index (χ1v) is 7.05. The average molecular weight is 419 g/mol. The number of hydrogen-bond donors (Lipinski definition) is 2. The molecule has 6 heteroatoms. The lowest BCUT2D eigenvalue weighted by atomic mass is 10.1. The number of hydrogen-bond acceptors (Lipinski definition) is 3. The number of halogens is 1. The third-order valence-electron chi connectivity index (χ3n) is 2.84. The van der Waals surface area contributed by atoms with Gasteiger partial charge in [0.25, 0.3) is 0 Å². The monoisotopic (exact) mass is 419 g/mol. The molecular weight excluding hydrogens is 393 g/mol. The van der Waals surface area contributed by atoms with Crippen LogP contribution >= 0.6 is 24.0 Å². The van der Waals surface area contributed by atoms with Crippen molar-refractivity contribution in [3.8, 4) is 5.75 Å². The van der Waals surface area contributed by atoms with Gasteiger partial charge in [-0.2, -0.15) is 0 Å². The molecule has 2 N–H and O–H groups in total. The lowest BCUT2D eigenvalue weighted by Crippen LogP contribution is -2.38. The van der Waals surface area contributed by atoms with Crippen LogP contribution in [0.25, 0.3) is 0 Å². The van der Waals surface area contributed by atoms with E-state index < -0.39 is 0 Å². The fourth-order valence-electron chi connectivity index (χ4n) is 1.71. The summed E-state index contributed by atoms with van der Waals surface area (Å²) in [5, 5.41) is 6.47. The molecule has 0 fully saturated rings. The van der Waals surface area contributed by atoms with Crippen molar-refractivity contribution in [3.05, 3.63) is 42.5 Å². The minimum atomic E-state index is 0. The molecule has 5 nitrogen and oxygen atoms in total. The molecule has 22 heavy (non-hydrogen) atoms. The smallest absolute Gasteiger partial charge is 0.191 e. The molecule has 0 aliphatic heterocycles. The van der Waals surface area contributed by atoms with Gasteiger partial charge in [-0.3, -0.25) is 4.99 Å². The highest BCUT2D eigenvalue weighted by Gasteiger charge is 1.98. The molecule has 1 rings (SSSR count). The predicted molar refractivity (Wildman–Crippen MR) is 102 cm³/mol. The van der Waals surface area contributed by atoms with Crippen LogP contribution < -0.4 is 15.4 Å². The molecule has 1 aromatic carbocycles. The second-order valence-corrected chi connectivity index (χ2v) is 4.42. The number of guanidine groups is 1. The summed E-state index contributed by atoms with van der Waals surface area (Å²) in [6.07, 6.45) is 2.72. The van der Waals surface area contributed by atoms with E-state index in [-0.39, 0.29) is 24.0 Å². The molecule has 0 saturated carbocycles. The number of nitrogens with one attached hydrogen (secondary N) is 2. The van der Waals surface area contributed by atoms with Crippen LogP contribution in [0.15, 0.2) is 41.9 Å². The summed E-state index contributed by atoms with van der Waals surface area (Å²) in [5.41, 5.74) is 1.25. The second kappa shape index (κ2) is 13.4. The van der Waals surface area contributed by atoms with Gasteiger partial charge in [0.1, 0.15) is 5.75 Å². The molecular formula is C16H26IN3O2. The van der Waals surface area contributed by atoms with E-state index in [2.05, 4.69) is 34.3 Å². The van der Waals surface area contributed by atoms with Crippen molar-refractivity contribution < 1.29 is 9.47 Å². The van der Waals surface area contributed by atoms with E-state index >= 15 is 0 Å². The van der Waals surface area contributed by atoms with Crippen molar-refractivity contribution in [2.45, 2.75) is 6.42 Å². The van der Waals surface area contributed by atoms with E-state index in [1.807, 2.05) is 12.1 Å². The summed E-state index contributed by atoms with van der Waals surface area (Å²) in [4.78, 5) is 4.41. The van der Waals surface area contributed by atoms with Gasteiger partial charge in [-0.15, -0.1) is 30.6 Å². The molecule has 0 aromatic heterocycles. The Morgan fingerprint density at radius 3 is 2.55 bits per heavy atom. The number of ether oxygens (including phenoxy) is 2. The summed E-state index contributed by atoms with van der Waals surface area (Å²) in [6.45, 7) is 6.42. The predicted octanol–water partition coefficient (Wildman–Crippen LogP) is 2.22. The Morgan fingerprint density at radius 1 is 1.23 bits per heavy atom. The highest BCUT2D eigenvalue weighted by Crippen LogP contribution is 2.11. The second-order valence-electron chi connectivity index (χ2n) is 4.42. The van der Waals surface area contributed by atoms with Gasteiger partial charge in [0.2, 0.25) is 0 Å². The van der Waals surface area contributed by atoms with Crippen molar-refractivity contribution in [3.63, 3.8) is 0 Å². The summed E-state index contributed by atoms with van der Waals surface area (Å²) in [5.74, 6) is 1.65. The molecule has 0 unspecified atom stereocenters. The molecule has 0 atom stereocenters. The fraction of sp³-hybridized carbons (Fsp3) is 0.438. The van der Waals surface area contributed by atoms with E-state index in [0.717, 1.165) is 24.7 Å². The van der Waals surface area contributed by atoms with Crippen LogP contribution in [-0.2, 0) is 11.2 Å². The largest absolute Gasteiger partial charge is 0.497 e.